The topological polar surface area (TPSA) is 111 Å². The van der Waals surface area contributed by atoms with Crippen molar-refractivity contribution in [3.8, 4) is 0 Å². The van der Waals surface area contributed by atoms with Gasteiger partial charge in [0.1, 0.15) is 13.2 Å². The Morgan fingerprint density at radius 2 is 0.908 bits per heavy atom. The van der Waals surface area contributed by atoms with E-state index in [1.54, 1.807) is 0 Å². The Balaban J connectivity index is 4.48. The van der Waals surface area contributed by atoms with E-state index >= 15 is 0 Å². The normalized spacial score (nSPS) is 13.7. The number of rotatable bonds is 45. The summed E-state index contributed by atoms with van der Waals surface area (Å²) in [6, 6.07) is 0. The number of hydrogen-bond donors (Lipinski definition) is 0. The summed E-state index contributed by atoms with van der Waals surface area (Å²) in [4.78, 5) is 37.1. The van der Waals surface area contributed by atoms with Crippen molar-refractivity contribution in [3.05, 3.63) is 97.2 Å². The summed E-state index contributed by atoms with van der Waals surface area (Å²) in [6.07, 6.45) is 58.9. The van der Waals surface area contributed by atoms with Gasteiger partial charge in [-0.15, -0.1) is 0 Å². The summed E-state index contributed by atoms with van der Waals surface area (Å²) in [6.45, 7) is 4.51. The van der Waals surface area contributed by atoms with Gasteiger partial charge in [0.25, 0.3) is 0 Å². The van der Waals surface area contributed by atoms with Crippen LogP contribution in [-0.4, -0.2) is 82.3 Å². The van der Waals surface area contributed by atoms with Gasteiger partial charge in [-0.25, -0.2) is 0 Å². The number of aliphatic carboxylic acids is 1. The first-order valence-corrected chi connectivity index (χ1v) is 25.4. The molecule has 0 aliphatic carbocycles. The van der Waals surface area contributed by atoms with Gasteiger partial charge >= 0.3 is 11.9 Å². The summed E-state index contributed by atoms with van der Waals surface area (Å²) in [7, 11) is 5.88. The molecule has 370 valence electrons. The zero-order valence-corrected chi connectivity index (χ0v) is 41.8. The molecule has 65 heavy (non-hydrogen) atoms. The fourth-order valence-corrected chi connectivity index (χ4v) is 6.41. The molecule has 0 aromatic heterocycles. The molecule has 0 saturated heterocycles. The molecular formula is C56H93NO8. The number of likely N-dealkylation sites (N-methyl/N-ethyl adjacent to an activating group) is 1. The molecule has 0 fully saturated rings. The molecule has 0 aliphatic rings. The molecule has 9 nitrogen and oxygen atoms in total. The molecule has 9 heteroatoms. The van der Waals surface area contributed by atoms with Gasteiger partial charge in [-0.1, -0.05) is 182 Å². The minimum absolute atomic E-state index is 0.116. The third kappa shape index (κ3) is 48.0. The maximum absolute atomic E-state index is 12.8. The summed E-state index contributed by atoms with van der Waals surface area (Å²) in [5.41, 5.74) is 0. The maximum Gasteiger partial charge on any atom is 0.306 e. The fraction of sp³-hybridized carbons (Fsp3) is 0.661. The second-order valence-electron chi connectivity index (χ2n) is 17.7. The van der Waals surface area contributed by atoms with Gasteiger partial charge in [0, 0.05) is 12.8 Å². The maximum atomic E-state index is 12.8. The van der Waals surface area contributed by atoms with Crippen molar-refractivity contribution in [2.24, 2.45) is 0 Å². The van der Waals surface area contributed by atoms with E-state index in [4.69, 9.17) is 18.9 Å². The summed E-state index contributed by atoms with van der Waals surface area (Å²) in [5.74, 6) is -2.41. The highest BCUT2D eigenvalue weighted by Crippen LogP contribution is 2.13. The van der Waals surface area contributed by atoms with Crippen LogP contribution in [0, 0.1) is 0 Å². The fourth-order valence-electron chi connectivity index (χ4n) is 6.41. The number of carbonyl (C=O) groups excluding carboxylic acids is 3. The predicted octanol–water partition coefficient (Wildman–Crippen LogP) is 12.9. The van der Waals surface area contributed by atoms with Gasteiger partial charge < -0.3 is 33.3 Å². The van der Waals surface area contributed by atoms with Crippen LogP contribution in [0.4, 0.5) is 0 Å². The highest BCUT2D eigenvalue weighted by molar-refractivity contribution is 5.70. The van der Waals surface area contributed by atoms with Crippen molar-refractivity contribution in [2.75, 3.05) is 47.5 Å². The van der Waals surface area contributed by atoms with Gasteiger partial charge in [-0.05, 0) is 83.5 Å². The number of carbonyl (C=O) groups is 3. The monoisotopic (exact) mass is 908 g/mol. The molecule has 0 aromatic carbocycles. The van der Waals surface area contributed by atoms with E-state index in [1.807, 2.05) is 33.3 Å². The average molecular weight is 908 g/mol. The number of carboxylic acid groups (broad SMARTS) is 1. The van der Waals surface area contributed by atoms with E-state index in [0.29, 0.717) is 17.4 Å². The van der Waals surface area contributed by atoms with Gasteiger partial charge in [-0.2, -0.15) is 0 Å². The van der Waals surface area contributed by atoms with Crippen LogP contribution >= 0.6 is 0 Å². The van der Waals surface area contributed by atoms with Crippen LogP contribution in [0.1, 0.15) is 181 Å². The van der Waals surface area contributed by atoms with Crippen LogP contribution in [0.2, 0.25) is 0 Å². The molecule has 0 aliphatic heterocycles. The molecule has 2 unspecified atom stereocenters. The molecular weight excluding hydrogens is 815 g/mol. The zero-order valence-electron chi connectivity index (χ0n) is 41.8. The lowest BCUT2D eigenvalue weighted by Gasteiger charge is -2.26. The molecule has 0 spiro atoms. The van der Waals surface area contributed by atoms with Crippen molar-refractivity contribution < 1.29 is 42.9 Å². The Morgan fingerprint density at radius 3 is 1.37 bits per heavy atom. The van der Waals surface area contributed by atoms with Gasteiger partial charge in [0.05, 0.1) is 40.3 Å². The Labute approximate surface area is 397 Å². The van der Waals surface area contributed by atoms with Gasteiger partial charge in [0.15, 0.2) is 12.4 Å². The first kappa shape index (κ1) is 61.2. The molecule has 0 amide bonds. The molecule has 0 N–H and O–H groups in total. The largest absolute Gasteiger partial charge is 0.545 e. The van der Waals surface area contributed by atoms with Gasteiger partial charge in [-0.3, -0.25) is 9.59 Å². The van der Waals surface area contributed by atoms with E-state index < -0.39 is 24.3 Å². The Kier molecular flexibility index (Phi) is 44.0. The number of carboxylic acids is 1. The van der Waals surface area contributed by atoms with Crippen molar-refractivity contribution in [3.63, 3.8) is 0 Å². The Hall–Kier alpha value is -3.79. The number of esters is 2. The summed E-state index contributed by atoms with van der Waals surface area (Å²) in [5, 5.41) is 11.7. The van der Waals surface area contributed by atoms with Crippen LogP contribution in [-0.2, 0) is 33.3 Å². The minimum Gasteiger partial charge on any atom is -0.545 e. The SMILES string of the molecule is CC/C=C\C/C=C\C/C=C\C/C=C\C/C=C\C/C=C\CCC(=O)OC(COC(=O)CCCCCCCCCCC/C=C\C/C=C\CCCCCCC)COC(OCC[N+](C)(C)C)C(=O)[O-]. The summed E-state index contributed by atoms with van der Waals surface area (Å²) < 4.78 is 22.5. The smallest absolute Gasteiger partial charge is 0.306 e. The lowest BCUT2D eigenvalue weighted by molar-refractivity contribution is -0.870. The summed E-state index contributed by atoms with van der Waals surface area (Å²) >= 11 is 0. The molecule has 0 rings (SSSR count). The van der Waals surface area contributed by atoms with Crippen LogP contribution in [0.15, 0.2) is 97.2 Å². The minimum atomic E-state index is -1.65. The van der Waals surface area contributed by atoms with E-state index in [-0.39, 0.29) is 38.6 Å². The molecule has 0 aromatic rings. The second kappa shape index (κ2) is 46.7. The third-order valence-electron chi connectivity index (χ3n) is 10.3. The van der Waals surface area contributed by atoms with Crippen LogP contribution in [0.25, 0.3) is 0 Å². The van der Waals surface area contributed by atoms with Crippen molar-refractivity contribution >= 4 is 17.9 Å². The molecule has 0 saturated carbocycles. The first-order valence-electron chi connectivity index (χ1n) is 25.4. The number of ether oxygens (including phenoxy) is 4. The van der Waals surface area contributed by atoms with E-state index in [1.165, 1.54) is 70.6 Å². The number of unbranched alkanes of at least 4 members (excludes halogenated alkanes) is 14. The van der Waals surface area contributed by atoms with Crippen LogP contribution < -0.4 is 5.11 Å². The van der Waals surface area contributed by atoms with Crippen molar-refractivity contribution in [2.45, 2.75) is 193 Å². The number of quaternary nitrogens is 1. The highest BCUT2D eigenvalue weighted by atomic mass is 16.7. The lowest BCUT2D eigenvalue weighted by atomic mass is 10.1. The molecule has 0 bridgehead atoms. The lowest BCUT2D eigenvalue weighted by Crippen LogP contribution is -2.44. The molecule has 0 radical (unpaired) electrons. The number of nitrogens with zero attached hydrogens (tertiary/aromatic N) is 1. The zero-order chi connectivity index (χ0) is 47.7. The highest BCUT2D eigenvalue weighted by Gasteiger charge is 2.21. The second-order valence-corrected chi connectivity index (χ2v) is 17.7. The average Bonchev–Trinajstić information content (AvgIpc) is 3.27. The number of allylic oxidation sites excluding steroid dienone is 16. The molecule has 2 atom stereocenters. The van der Waals surface area contributed by atoms with E-state index in [0.717, 1.165) is 77.0 Å². The standard InChI is InChI=1S/C56H93NO8/c1-6-8-10-12-14-16-18-20-22-24-26-27-29-30-32-34-36-38-40-42-44-46-53(58)63-50-52(51-64-56(55(60)61)62-49-48-57(3,4)5)65-54(59)47-45-43-41-39-37-35-33-31-28-25-23-21-19-17-15-13-11-9-7-2/h9,11,15,17-18,20-21,23-24,26,28,31,35,37,41,43,52,56H,6-8,10,12-14,16,19,22,25,27,29-30,32-34,36,38-40,42,44-51H2,1-5H3/b11-9-,17-15-,20-18-,23-21-,26-24-,31-28-,37-35-,43-41-. The quantitative estimate of drug-likeness (QED) is 0.0195. The van der Waals surface area contributed by atoms with Crippen LogP contribution in [0.5, 0.6) is 0 Å². The van der Waals surface area contributed by atoms with E-state index in [2.05, 4.69) is 98.9 Å². The van der Waals surface area contributed by atoms with Gasteiger partial charge in [0.2, 0.25) is 0 Å². The third-order valence-corrected chi connectivity index (χ3v) is 10.3. The van der Waals surface area contributed by atoms with Crippen LogP contribution in [0.3, 0.4) is 0 Å². The van der Waals surface area contributed by atoms with Crippen molar-refractivity contribution in [1.82, 2.24) is 0 Å². The predicted molar refractivity (Wildman–Crippen MR) is 269 cm³/mol. The van der Waals surface area contributed by atoms with E-state index in [9.17, 15) is 19.5 Å². The Morgan fingerprint density at radius 1 is 0.477 bits per heavy atom. The number of hydrogen-bond acceptors (Lipinski definition) is 8. The Bertz CT molecular complexity index is 1380. The first-order chi connectivity index (χ1) is 31.6. The molecule has 0 heterocycles. The van der Waals surface area contributed by atoms with Crippen molar-refractivity contribution in [1.29, 1.82) is 0 Å².